The predicted molar refractivity (Wildman–Crippen MR) is 116 cm³/mol. The Morgan fingerprint density at radius 2 is 1.78 bits per heavy atom. The normalized spacial score (nSPS) is 15.4. The molecule has 0 spiro atoms. The van der Waals surface area contributed by atoms with Gasteiger partial charge in [0.15, 0.2) is 0 Å². The highest BCUT2D eigenvalue weighted by atomic mass is 79.9. The largest absolute Gasteiger partial charge is 0.495 e. The monoisotopic (exact) mass is 427 g/mol. The van der Waals surface area contributed by atoms with Gasteiger partial charge in [0.25, 0.3) is 0 Å². The number of piperazine rings is 1. The SMILES string of the molecule is COc1ccccc1N1CCN(CCCn2ccc3ccc(Br)cc32)CC1. The first-order valence-electron chi connectivity index (χ1n) is 9.59. The van der Waals surface area contributed by atoms with Crippen LogP contribution < -0.4 is 9.64 Å². The molecule has 4 nitrogen and oxygen atoms in total. The summed E-state index contributed by atoms with van der Waals surface area (Å²) in [5.74, 6) is 0.969. The zero-order valence-corrected chi connectivity index (χ0v) is 17.4. The highest BCUT2D eigenvalue weighted by Crippen LogP contribution is 2.28. The number of fused-ring (bicyclic) bond motifs is 1. The Labute approximate surface area is 169 Å². The molecule has 0 amide bonds. The Bertz CT molecular complexity index is 899. The van der Waals surface area contributed by atoms with Crippen LogP contribution >= 0.6 is 15.9 Å². The molecule has 2 aromatic carbocycles. The van der Waals surface area contributed by atoms with Crippen LogP contribution in [0, 0.1) is 0 Å². The molecule has 0 aliphatic carbocycles. The molecule has 5 heteroatoms. The molecule has 3 aromatic rings. The summed E-state index contributed by atoms with van der Waals surface area (Å²) in [5.41, 5.74) is 2.52. The van der Waals surface area contributed by atoms with Crippen molar-refractivity contribution in [3.63, 3.8) is 0 Å². The fourth-order valence-electron chi connectivity index (χ4n) is 3.92. The molecule has 0 saturated carbocycles. The van der Waals surface area contributed by atoms with Crippen molar-refractivity contribution in [2.24, 2.45) is 0 Å². The number of para-hydroxylation sites is 2. The second kappa shape index (κ2) is 8.36. The molecule has 27 heavy (non-hydrogen) atoms. The van der Waals surface area contributed by atoms with E-state index in [0.717, 1.165) is 49.5 Å². The van der Waals surface area contributed by atoms with Gasteiger partial charge in [-0.2, -0.15) is 0 Å². The van der Waals surface area contributed by atoms with E-state index in [4.69, 9.17) is 4.74 Å². The van der Waals surface area contributed by atoms with Gasteiger partial charge in [-0.15, -0.1) is 0 Å². The maximum absolute atomic E-state index is 5.51. The van der Waals surface area contributed by atoms with E-state index in [-0.39, 0.29) is 0 Å². The molecule has 1 aromatic heterocycles. The molecule has 142 valence electrons. The second-order valence-electron chi connectivity index (χ2n) is 7.07. The number of aryl methyl sites for hydroxylation is 1. The number of benzene rings is 2. The first-order chi connectivity index (χ1) is 13.2. The smallest absolute Gasteiger partial charge is 0.142 e. The van der Waals surface area contributed by atoms with Crippen LogP contribution in [0.15, 0.2) is 59.2 Å². The van der Waals surface area contributed by atoms with Gasteiger partial charge >= 0.3 is 0 Å². The number of halogens is 1. The molecule has 0 bridgehead atoms. The van der Waals surface area contributed by atoms with Crippen molar-refractivity contribution in [2.75, 3.05) is 44.7 Å². The molecular weight excluding hydrogens is 402 g/mol. The van der Waals surface area contributed by atoms with E-state index >= 15 is 0 Å². The van der Waals surface area contributed by atoms with Crippen LogP contribution in [-0.4, -0.2) is 49.3 Å². The first kappa shape index (κ1) is 18.4. The minimum absolute atomic E-state index is 0.969. The van der Waals surface area contributed by atoms with Crippen molar-refractivity contribution in [2.45, 2.75) is 13.0 Å². The van der Waals surface area contributed by atoms with Gasteiger partial charge in [-0.3, -0.25) is 4.90 Å². The van der Waals surface area contributed by atoms with Crippen molar-refractivity contribution >= 4 is 32.5 Å². The van der Waals surface area contributed by atoms with Crippen LogP contribution in [0.4, 0.5) is 5.69 Å². The molecule has 1 fully saturated rings. The van der Waals surface area contributed by atoms with Crippen LogP contribution in [0.3, 0.4) is 0 Å². The van der Waals surface area contributed by atoms with Crippen LogP contribution in [0.5, 0.6) is 5.75 Å². The summed E-state index contributed by atoms with van der Waals surface area (Å²) in [6.07, 6.45) is 3.38. The predicted octanol–water partition coefficient (Wildman–Crippen LogP) is 4.62. The second-order valence-corrected chi connectivity index (χ2v) is 7.98. The van der Waals surface area contributed by atoms with E-state index in [9.17, 15) is 0 Å². The fraction of sp³-hybridized carbons (Fsp3) is 0.364. The number of methoxy groups -OCH3 is 1. The van der Waals surface area contributed by atoms with Crippen LogP contribution in [-0.2, 0) is 6.54 Å². The number of ether oxygens (including phenoxy) is 1. The molecule has 1 aliphatic heterocycles. The first-order valence-corrected chi connectivity index (χ1v) is 10.4. The van der Waals surface area contributed by atoms with Crippen molar-refractivity contribution < 1.29 is 4.74 Å². The molecule has 0 unspecified atom stereocenters. The fourth-order valence-corrected chi connectivity index (χ4v) is 4.27. The van der Waals surface area contributed by atoms with Crippen LogP contribution in [0.1, 0.15) is 6.42 Å². The van der Waals surface area contributed by atoms with Gasteiger partial charge in [-0.05, 0) is 48.7 Å². The zero-order valence-electron chi connectivity index (χ0n) is 15.8. The summed E-state index contributed by atoms with van der Waals surface area (Å²) in [4.78, 5) is 5.01. The standard InChI is InChI=1S/C22H26BrN3O/c1-27-22-6-3-2-5-20(22)26-15-13-24(14-16-26)10-4-11-25-12-9-18-7-8-19(23)17-21(18)25/h2-3,5-9,12,17H,4,10-11,13-16H2,1H3. The molecule has 0 N–H and O–H groups in total. The Morgan fingerprint density at radius 3 is 2.59 bits per heavy atom. The van der Waals surface area contributed by atoms with Crippen LogP contribution in [0.2, 0.25) is 0 Å². The summed E-state index contributed by atoms with van der Waals surface area (Å²) < 4.78 is 9.02. The minimum Gasteiger partial charge on any atom is -0.495 e. The maximum atomic E-state index is 5.51. The van der Waals surface area contributed by atoms with Gasteiger partial charge in [-0.25, -0.2) is 0 Å². The third-order valence-electron chi connectivity index (χ3n) is 5.41. The molecule has 0 radical (unpaired) electrons. The quantitative estimate of drug-likeness (QED) is 0.572. The third-order valence-corrected chi connectivity index (χ3v) is 5.90. The number of nitrogens with zero attached hydrogens (tertiary/aromatic N) is 3. The van der Waals surface area contributed by atoms with Gasteiger partial charge in [0.05, 0.1) is 12.8 Å². The van der Waals surface area contributed by atoms with Crippen molar-refractivity contribution in [1.82, 2.24) is 9.47 Å². The van der Waals surface area contributed by atoms with E-state index in [2.05, 4.69) is 72.9 Å². The Hall–Kier alpha value is -1.98. The molecular formula is C22H26BrN3O. The summed E-state index contributed by atoms with van der Waals surface area (Å²) in [5, 5.41) is 1.31. The summed E-state index contributed by atoms with van der Waals surface area (Å²) in [6.45, 7) is 6.53. The molecule has 1 saturated heterocycles. The number of aromatic nitrogens is 1. The number of hydrogen-bond acceptors (Lipinski definition) is 3. The van der Waals surface area contributed by atoms with Gasteiger partial charge in [0.2, 0.25) is 0 Å². The molecule has 4 rings (SSSR count). The average molecular weight is 428 g/mol. The van der Waals surface area contributed by atoms with Crippen molar-refractivity contribution in [3.05, 3.63) is 59.2 Å². The lowest BCUT2D eigenvalue weighted by molar-refractivity contribution is 0.250. The van der Waals surface area contributed by atoms with Gasteiger partial charge in [-0.1, -0.05) is 34.1 Å². The molecule has 2 heterocycles. The van der Waals surface area contributed by atoms with E-state index < -0.39 is 0 Å². The average Bonchev–Trinajstić information content (AvgIpc) is 3.10. The number of anilines is 1. The number of rotatable bonds is 6. The maximum Gasteiger partial charge on any atom is 0.142 e. The lowest BCUT2D eigenvalue weighted by atomic mass is 10.2. The summed E-state index contributed by atoms with van der Waals surface area (Å²) >= 11 is 3.58. The third kappa shape index (κ3) is 4.14. The van der Waals surface area contributed by atoms with Gasteiger partial charge < -0.3 is 14.2 Å². The van der Waals surface area contributed by atoms with E-state index in [0.29, 0.717) is 0 Å². The Kier molecular flexibility index (Phi) is 5.69. The topological polar surface area (TPSA) is 20.6 Å². The van der Waals surface area contributed by atoms with Crippen molar-refractivity contribution in [3.8, 4) is 5.75 Å². The summed E-state index contributed by atoms with van der Waals surface area (Å²) in [6, 6.07) is 17.0. The Morgan fingerprint density at radius 1 is 0.963 bits per heavy atom. The highest BCUT2D eigenvalue weighted by Gasteiger charge is 2.19. The Balaban J connectivity index is 1.29. The lowest BCUT2D eigenvalue weighted by Gasteiger charge is -2.36. The minimum atomic E-state index is 0.969. The van der Waals surface area contributed by atoms with E-state index in [1.165, 1.54) is 23.0 Å². The van der Waals surface area contributed by atoms with Gasteiger partial charge in [0, 0.05) is 48.9 Å². The zero-order chi connectivity index (χ0) is 18.6. The molecule has 0 atom stereocenters. The van der Waals surface area contributed by atoms with E-state index in [1.807, 2.05) is 12.1 Å². The van der Waals surface area contributed by atoms with Crippen molar-refractivity contribution in [1.29, 1.82) is 0 Å². The van der Waals surface area contributed by atoms with E-state index in [1.54, 1.807) is 7.11 Å². The van der Waals surface area contributed by atoms with Gasteiger partial charge in [0.1, 0.15) is 5.75 Å². The molecule has 1 aliphatic rings. The highest BCUT2D eigenvalue weighted by molar-refractivity contribution is 9.10. The summed E-state index contributed by atoms with van der Waals surface area (Å²) in [7, 11) is 1.75. The number of hydrogen-bond donors (Lipinski definition) is 0. The lowest BCUT2D eigenvalue weighted by Crippen LogP contribution is -2.46. The van der Waals surface area contributed by atoms with Crippen LogP contribution in [0.25, 0.3) is 10.9 Å².